The molecule has 0 saturated carbocycles. The van der Waals surface area contributed by atoms with Crippen LogP contribution in [-0.4, -0.2) is 60.9 Å². The van der Waals surface area contributed by atoms with E-state index >= 15 is 0 Å². The highest BCUT2D eigenvalue weighted by Gasteiger charge is 2.28. The number of carbonyl (C=O) groups excluding carboxylic acids is 1. The normalized spacial score (nSPS) is 15.2. The van der Waals surface area contributed by atoms with Gasteiger partial charge >= 0.3 is 0 Å². The standard InChI is InChI=1S/C21H35FN2O5/c1-21(2,27)9-8-15(20(26)24-13-19(28-3)29-4)12-18(25)17(23)11-14-6-5-7-16(22)10-14/h5-7,10,15,17-19,25,27H,8-9,11-13,23H2,1-4H3,(H,24,26). The summed E-state index contributed by atoms with van der Waals surface area (Å²) < 4.78 is 23.5. The average Bonchev–Trinajstić information content (AvgIpc) is 2.64. The van der Waals surface area contributed by atoms with Gasteiger partial charge in [0.25, 0.3) is 0 Å². The quantitative estimate of drug-likeness (QED) is 0.362. The molecule has 0 aliphatic carbocycles. The largest absolute Gasteiger partial charge is 0.391 e. The lowest BCUT2D eigenvalue weighted by Crippen LogP contribution is -2.43. The maximum atomic E-state index is 13.4. The summed E-state index contributed by atoms with van der Waals surface area (Å²) in [6.45, 7) is 3.50. The number of amides is 1. The first-order chi connectivity index (χ1) is 13.6. The van der Waals surface area contributed by atoms with Gasteiger partial charge in [0.1, 0.15) is 5.82 Å². The van der Waals surface area contributed by atoms with Gasteiger partial charge in [-0.15, -0.1) is 0 Å². The summed E-state index contributed by atoms with van der Waals surface area (Å²) in [7, 11) is 2.95. The zero-order chi connectivity index (χ0) is 22.0. The van der Waals surface area contributed by atoms with Crippen LogP contribution in [0.5, 0.6) is 0 Å². The molecule has 0 aliphatic heterocycles. The molecule has 0 aromatic heterocycles. The van der Waals surface area contributed by atoms with Gasteiger partial charge in [-0.2, -0.15) is 0 Å². The van der Waals surface area contributed by atoms with Crippen LogP contribution in [0.4, 0.5) is 4.39 Å². The molecule has 0 radical (unpaired) electrons. The van der Waals surface area contributed by atoms with Crippen LogP contribution >= 0.6 is 0 Å². The van der Waals surface area contributed by atoms with Crippen LogP contribution in [0.1, 0.15) is 38.7 Å². The Morgan fingerprint density at radius 1 is 1.31 bits per heavy atom. The van der Waals surface area contributed by atoms with Crippen molar-refractivity contribution in [1.82, 2.24) is 5.32 Å². The monoisotopic (exact) mass is 414 g/mol. The number of aliphatic hydroxyl groups is 2. The highest BCUT2D eigenvalue weighted by molar-refractivity contribution is 5.78. The van der Waals surface area contributed by atoms with Crippen LogP contribution in [0.2, 0.25) is 0 Å². The van der Waals surface area contributed by atoms with Crippen molar-refractivity contribution in [3.63, 3.8) is 0 Å². The molecule has 0 bridgehead atoms. The Hall–Kier alpha value is -1.58. The summed E-state index contributed by atoms with van der Waals surface area (Å²) in [4.78, 5) is 12.7. The predicted molar refractivity (Wildman–Crippen MR) is 109 cm³/mol. The highest BCUT2D eigenvalue weighted by Crippen LogP contribution is 2.22. The van der Waals surface area contributed by atoms with Gasteiger partial charge in [0.05, 0.1) is 18.2 Å². The number of carbonyl (C=O) groups is 1. The minimum absolute atomic E-state index is 0.128. The van der Waals surface area contributed by atoms with E-state index in [4.69, 9.17) is 15.2 Å². The van der Waals surface area contributed by atoms with Gasteiger partial charge in [-0.05, 0) is 57.2 Å². The average molecular weight is 415 g/mol. The fraction of sp³-hybridized carbons (Fsp3) is 0.667. The number of halogens is 1. The van der Waals surface area contributed by atoms with E-state index in [1.165, 1.54) is 26.4 Å². The third-order valence-corrected chi connectivity index (χ3v) is 4.82. The zero-order valence-electron chi connectivity index (χ0n) is 17.7. The van der Waals surface area contributed by atoms with E-state index in [9.17, 15) is 19.4 Å². The molecule has 0 saturated heterocycles. The number of methoxy groups -OCH3 is 2. The minimum Gasteiger partial charge on any atom is -0.391 e. The molecular formula is C21H35FN2O5. The van der Waals surface area contributed by atoms with Gasteiger partial charge in [-0.1, -0.05) is 12.1 Å². The lowest BCUT2D eigenvalue weighted by atomic mass is 9.87. The number of aliphatic hydroxyl groups excluding tert-OH is 1. The van der Waals surface area contributed by atoms with E-state index in [2.05, 4.69) is 5.32 Å². The Morgan fingerprint density at radius 2 is 1.97 bits per heavy atom. The fourth-order valence-electron chi connectivity index (χ4n) is 3.01. The Kier molecular flexibility index (Phi) is 10.7. The second-order valence-electron chi connectivity index (χ2n) is 8.00. The molecule has 166 valence electrons. The summed E-state index contributed by atoms with van der Waals surface area (Å²) in [5, 5.41) is 23.3. The molecule has 0 spiro atoms. The Bertz CT molecular complexity index is 619. The van der Waals surface area contributed by atoms with E-state index in [0.29, 0.717) is 18.4 Å². The molecule has 29 heavy (non-hydrogen) atoms. The molecule has 1 rings (SSSR count). The molecule has 0 fully saturated rings. The first-order valence-electron chi connectivity index (χ1n) is 9.79. The summed E-state index contributed by atoms with van der Waals surface area (Å²) in [5.74, 6) is -1.19. The zero-order valence-corrected chi connectivity index (χ0v) is 17.7. The number of nitrogens with one attached hydrogen (secondary N) is 1. The van der Waals surface area contributed by atoms with Crippen molar-refractivity contribution in [2.45, 2.75) is 63.6 Å². The maximum Gasteiger partial charge on any atom is 0.223 e. The number of rotatable bonds is 13. The lowest BCUT2D eigenvalue weighted by Gasteiger charge is -2.26. The molecule has 1 aromatic rings. The number of nitrogens with two attached hydrogens (primary N) is 1. The topological polar surface area (TPSA) is 114 Å². The van der Waals surface area contributed by atoms with E-state index in [-0.39, 0.29) is 31.1 Å². The van der Waals surface area contributed by atoms with E-state index in [0.717, 1.165) is 0 Å². The third-order valence-electron chi connectivity index (χ3n) is 4.82. The van der Waals surface area contributed by atoms with E-state index in [1.807, 2.05) is 0 Å². The first kappa shape index (κ1) is 25.5. The summed E-state index contributed by atoms with van der Waals surface area (Å²) in [5.41, 5.74) is 5.84. The molecular weight excluding hydrogens is 379 g/mol. The Balaban J connectivity index is 2.73. The van der Waals surface area contributed by atoms with Crippen LogP contribution in [0, 0.1) is 11.7 Å². The van der Waals surface area contributed by atoms with E-state index in [1.54, 1.807) is 26.0 Å². The second kappa shape index (κ2) is 12.2. The van der Waals surface area contributed by atoms with Crippen molar-refractivity contribution < 1.29 is 28.9 Å². The Morgan fingerprint density at radius 3 is 2.52 bits per heavy atom. The van der Waals surface area contributed by atoms with Gasteiger partial charge < -0.3 is 30.7 Å². The lowest BCUT2D eigenvalue weighted by molar-refractivity contribution is -0.132. The smallest absolute Gasteiger partial charge is 0.223 e. The number of hydrogen-bond donors (Lipinski definition) is 4. The van der Waals surface area contributed by atoms with Crippen LogP contribution in [0.15, 0.2) is 24.3 Å². The van der Waals surface area contributed by atoms with Crippen molar-refractivity contribution in [2.24, 2.45) is 11.7 Å². The summed E-state index contributed by atoms with van der Waals surface area (Å²) >= 11 is 0. The van der Waals surface area contributed by atoms with Crippen molar-refractivity contribution in [2.75, 3.05) is 20.8 Å². The van der Waals surface area contributed by atoms with Crippen LogP contribution in [-0.2, 0) is 20.7 Å². The van der Waals surface area contributed by atoms with Gasteiger partial charge in [0.2, 0.25) is 5.91 Å². The number of ether oxygens (including phenoxy) is 2. The number of benzene rings is 1. The minimum atomic E-state index is -0.962. The molecule has 8 heteroatoms. The fourth-order valence-corrected chi connectivity index (χ4v) is 3.01. The van der Waals surface area contributed by atoms with Crippen molar-refractivity contribution in [3.05, 3.63) is 35.6 Å². The molecule has 5 N–H and O–H groups in total. The molecule has 0 aliphatic rings. The molecule has 0 heterocycles. The highest BCUT2D eigenvalue weighted by atomic mass is 19.1. The van der Waals surface area contributed by atoms with Gasteiger partial charge in [0.15, 0.2) is 6.29 Å². The summed E-state index contributed by atoms with van der Waals surface area (Å²) in [6.07, 6.45) is -0.360. The second-order valence-corrected chi connectivity index (χ2v) is 8.00. The van der Waals surface area contributed by atoms with Crippen LogP contribution in [0.3, 0.4) is 0 Å². The van der Waals surface area contributed by atoms with Gasteiger partial charge in [-0.25, -0.2) is 4.39 Å². The van der Waals surface area contributed by atoms with Crippen molar-refractivity contribution in [3.8, 4) is 0 Å². The van der Waals surface area contributed by atoms with Crippen LogP contribution in [0.25, 0.3) is 0 Å². The molecule has 1 aromatic carbocycles. The molecule has 7 nitrogen and oxygen atoms in total. The molecule has 3 atom stereocenters. The maximum absolute atomic E-state index is 13.4. The van der Waals surface area contributed by atoms with Gasteiger partial charge in [0, 0.05) is 26.2 Å². The molecule has 3 unspecified atom stereocenters. The first-order valence-corrected chi connectivity index (χ1v) is 9.79. The predicted octanol–water partition coefficient (Wildman–Crippen LogP) is 1.35. The third kappa shape index (κ3) is 10.1. The summed E-state index contributed by atoms with van der Waals surface area (Å²) in [6, 6.07) is 5.39. The van der Waals surface area contributed by atoms with Gasteiger partial charge in [-0.3, -0.25) is 4.79 Å². The SMILES string of the molecule is COC(CNC(=O)C(CCC(C)(C)O)CC(O)C(N)Cc1cccc(F)c1)OC. The van der Waals surface area contributed by atoms with Crippen molar-refractivity contribution >= 4 is 5.91 Å². The van der Waals surface area contributed by atoms with E-state index < -0.39 is 30.0 Å². The van der Waals surface area contributed by atoms with Crippen LogP contribution < -0.4 is 11.1 Å². The van der Waals surface area contributed by atoms with Crippen molar-refractivity contribution in [1.29, 1.82) is 0 Å². The Labute approximate surface area is 172 Å². The number of hydrogen-bond acceptors (Lipinski definition) is 6. The molecule has 1 amide bonds.